The van der Waals surface area contributed by atoms with Crippen molar-refractivity contribution in [2.24, 2.45) is 5.92 Å². The predicted octanol–water partition coefficient (Wildman–Crippen LogP) is 0.0306. The van der Waals surface area contributed by atoms with E-state index in [9.17, 15) is 8.42 Å². The molecule has 11 heavy (non-hydrogen) atoms. The number of nitrogens with one attached hydrogen (secondary N) is 1. The zero-order chi connectivity index (χ0) is 8.32. The van der Waals surface area contributed by atoms with Crippen molar-refractivity contribution >= 4 is 9.84 Å². The number of hydrogen-bond acceptors (Lipinski definition) is 3. The minimum Gasteiger partial charge on any atom is -0.317 e. The Kier molecular flexibility index (Phi) is 2.90. The Morgan fingerprint density at radius 2 is 1.91 bits per heavy atom. The molecule has 0 aliphatic carbocycles. The van der Waals surface area contributed by atoms with E-state index in [4.69, 9.17) is 0 Å². The Morgan fingerprint density at radius 3 is 2.36 bits per heavy atom. The van der Waals surface area contributed by atoms with Crippen LogP contribution < -0.4 is 5.32 Å². The van der Waals surface area contributed by atoms with E-state index in [1.54, 1.807) is 0 Å². The lowest BCUT2D eigenvalue weighted by atomic mass is 10.0. The monoisotopic (exact) mass is 177 g/mol. The second-order valence-electron chi connectivity index (χ2n) is 3.29. The molecule has 3 nitrogen and oxygen atoms in total. The fourth-order valence-electron chi connectivity index (χ4n) is 1.48. The summed E-state index contributed by atoms with van der Waals surface area (Å²) in [4.78, 5) is 0. The summed E-state index contributed by atoms with van der Waals surface area (Å²) in [6, 6.07) is 0. The van der Waals surface area contributed by atoms with Gasteiger partial charge in [0.15, 0.2) is 0 Å². The van der Waals surface area contributed by atoms with Gasteiger partial charge in [-0.05, 0) is 31.8 Å². The molecule has 0 bridgehead atoms. The molecule has 66 valence electrons. The van der Waals surface area contributed by atoms with E-state index in [0.717, 1.165) is 25.9 Å². The van der Waals surface area contributed by atoms with Crippen molar-refractivity contribution in [3.63, 3.8) is 0 Å². The second kappa shape index (κ2) is 3.54. The molecular formula is C7H15NO2S. The Hall–Kier alpha value is -0.0900. The molecule has 0 atom stereocenters. The summed E-state index contributed by atoms with van der Waals surface area (Å²) in [6.07, 6.45) is 3.33. The molecule has 0 spiro atoms. The Balaban J connectivity index is 2.36. The van der Waals surface area contributed by atoms with Crippen LogP contribution in [0, 0.1) is 5.92 Å². The van der Waals surface area contributed by atoms with Gasteiger partial charge >= 0.3 is 0 Å². The van der Waals surface area contributed by atoms with Crippen molar-refractivity contribution in [3.8, 4) is 0 Å². The first-order valence-electron chi connectivity index (χ1n) is 3.96. The van der Waals surface area contributed by atoms with E-state index < -0.39 is 9.84 Å². The highest BCUT2D eigenvalue weighted by molar-refractivity contribution is 7.90. The van der Waals surface area contributed by atoms with Crippen molar-refractivity contribution in [2.75, 3.05) is 25.1 Å². The maximum absolute atomic E-state index is 10.9. The number of rotatable bonds is 2. The first-order chi connectivity index (χ1) is 5.08. The van der Waals surface area contributed by atoms with Crippen molar-refractivity contribution in [3.05, 3.63) is 0 Å². The zero-order valence-electron chi connectivity index (χ0n) is 6.84. The van der Waals surface area contributed by atoms with Crippen LogP contribution in [0.1, 0.15) is 12.8 Å². The van der Waals surface area contributed by atoms with Gasteiger partial charge in [0.2, 0.25) is 0 Å². The van der Waals surface area contributed by atoms with Gasteiger partial charge in [-0.1, -0.05) is 0 Å². The minimum absolute atomic E-state index is 0.370. The van der Waals surface area contributed by atoms with Crippen molar-refractivity contribution < 1.29 is 8.42 Å². The Bertz CT molecular complexity index is 204. The molecule has 1 aliphatic rings. The third-order valence-corrected chi connectivity index (χ3v) is 3.07. The number of piperidine rings is 1. The van der Waals surface area contributed by atoms with Gasteiger partial charge in [0.1, 0.15) is 9.84 Å². The number of hydrogen-bond donors (Lipinski definition) is 1. The Labute approximate surface area is 68.1 Å². The lowest BCUT2D eigenvalue weighted by Crippen LogP contribution is -2.31. The average Bonchev–Trinajstić information content (AvgIpc) is 1.85. The van der Waals surface area contributed by atoms with Crippen molar-refractivity contribution in [1.29, 1.82) is 0 Å². The quantitative estimate of drug-likeness (QED) is 0.647. The van der Waals surface area contributed by atoms with Crippen molar-refractivity contribution in [1.82, 2.24) is 5.32 Å². The van der Waals surface area contributed by atoms with E-state index in [2.05, 4.69) is 5.32 Å². The summed E-state index contributed by atoms with van der Waals surface area (Å²) in [6.45, 7) is 1.94. The maximum Gasteiger partial charge on any atom is 0.147 e. The lowest BCUT2D eigenvalue weighted by Gasteiger charge is -2.21. The highest BCUT2D eigenvalue weighted by Gasteiger charge is 2.17. The van der Waals surface area contributed by atoms with Crippen molar-refractivity contribution in [2.45, 2.75) is 12.8 Å². The second-order valence-corrected chi connectivity index (χ2v) is 5.47. The van der Waals surface area contributed by atoms with E-state index >= 15 is 0 Å². The summed E-state index contributed by atoms with van der Waals surface area (Å²) >= 11 is 0. The normalized spacial score (nSPS) is 21.9. The molecule has 4 heteroatoms. The van der Waals surface area contributed by atoms with Gasteiger partial charge in [-0.15, -0.1) is 0 Å². The van der Waals surface area contributed by atoms with Gasteiger partial charge in [-0.3, -0.25) is 0 Å². The summed E-state index contributed by atoms with van der Waals surface area (Å²) in [5, 5.41) is 3.21. The van der Waals surface area contributed by atoms with Gasteiger partial charge in [0.25, 0.3) is 0 Å². The summed E-state index contributed by atoms with van der Waals surface area (Å²) in [7, 11) is -2.75. The molecule has 1 heterocycles. The fourth-order valence-corrected chi connectivity index (χ4v) is 2.67. The molecular weight excluding hydrogens is 162 g/mol. The van der Waals surface area contributed by atoms with Crippen LogP contribution in [0.2, 0.25) is 0 Å². The summed E-state index contributed by atoms with van der Waals surface area (Å²) < 4.78 is 21.8. The van der Waals surface area contributed by atoms with Crippen LogP contribution in [0.25, 0.3) is 0 Å². The molecule has 1 saturated heterocycles. The highest BCUT2D eigenvalue weighted by Crippen LogP contribution is 2.13. The van der Waals surface area contributed by atoms with Gasteiger partial charge in [0, 0.05) is 6.26 Å². The standard InChI is InChI=1S/C7H15NO2S/c1-11(9,10)6-7-2-4-8-5-3-7/h7-8H,2-6H2,1H3. The van der Waals surface area contributed by atoms with E-state index in [1.165, 1.54) is 6.26 Å². The summed E-state index contributed by atoms with van der Waals surface area (Å²) in [5.74, 6) is 0.764. The van der Waals surface area contributed by atoms with Crippen LogP contribution in [-0.2, 0) is 9.84 Å². The molecule has 1 fully saturated rings. The average molecular weight is 177 g/mol. The molecule has 1 N–H and O–H groups in total. The SMILES string of the molecule is CS(=O)(=O)CC1CCNCC1. The van der Waals surface area contributed by atoms with Crippen LogP contribution in [0.5, 0.6) is 0 Å². The minimum atomic E-state index is -2.75. The molecule has 0 aromatic heterocycles. The molecule has 0 unspecified atom stereocenters. The largest absolute Gasteiger partial charge is 0.317 e. The first kappa shape index (κ1) is 9.00. The lowest BCUT2D eigenvalue weighted by molar-refractivity contribution is 0.402. The predicted molar refractivity (Wildman–Crippen MR) is 45.3 cm³/mol. The third kappa shape index (κ3) is 3.72. The van der Waals surface area contributed by atoms with Gasteiger partial charge < -0.3 is 5.32 Å². The molecule has 0 saturated carbocycles. The maximum atomic E-state index is 10.9. The van der Waals surface area contributed by atoms with Gasteiger partial charge in [0.05, 0.1) is 5.75 Å². The highest BCUT2D eigenvalue weighted by atomic mass is 32.2. The smallest absolute Gasteiger partial charge is 0.147 e. The topological polar surface area (TPSA) is 46.2 Å². The van der Waals surface area contributed by atoms with Crippen LogP contribution in [-0.4, -0.2) is 33.5 Å². The first-order valence-corrected chi connectivity index (χ1v) is 6.02. The molecule has 1 aliphatic heterocycles. The molecule has 1 rings (SSSR count). The van der Waals surface area contributed by atoms with E-state index in [1.807, 2.05) is 0 Å². The number of sulfone groups is 1. The summed E-state index contributed by atoms with van der Waals surface area (Å²) in [5.41, 5.74) is 0. The van der Waals surface area contributed by atoms with Crippen LogP contribution >= 0.6 is 0 Å². The molecule has 0 aromatic carbocycles. The Morgan fingerprint density at radius 1 is 1.36 bits per heavy atom. The molecule has 0 radical (unpaired) electrons. The van der Waals surface area contributed by atoms with Gasteiger partial charge in [-0.2, -0.15) is 0 Å². The van der Waals surface area contributed by atoms with Gasteiger partial charge in [-0.25, -0.2) is 8.42 Å². The molecule has 0 amide bonds. The van der Waals surface area contributed by atoms with Crippen LogP contribution in [0.4, 0.5) is 0 Å². The fraction of sp³-hybridized carbons (Fsp3) is 1.00. The third-order valence-electron chi connectivity index (χ3n) is 2.00. The van der Waals surface area contributed by atoms with E-state index in [-0.39, 0.29) is 0 Å². The molecule has 0 aromatic rings. The van der Waals surface area contributed by atoms with E-state index in [0.29, 0.717) is 11.7 Å². The van der Waals surface area contributed by atoms with Crippen LogP contribution in [0.3, 0.4) is 0 Å². The van der Waals surface area contributed by atoms with Crippen LogP contribution in [0.15, 0.2) is 0 Å². The zero-order valence-corrected chi connectivity index (χ0v) is 7.65.